The largest absolute Gasteiger partial charge is 0.505 e. The Labute approximate surface area is 94.8 Å². The molecule has 0 aliphatic rings. The highest BCUT2D eigenvalue weighted by Gasteiger charge is 2.11. The van der Waals surface area contributed by atoms with Crippen molar-refractivity contribution in [3.05, 3.63) is 35.9 Å². The fraction of sp³-hybridized carbons (Fsp3) is 0.250. The van der Waals surface area contributed by atoms with Crippen LogP contribution in [0.2, 0.25) is 0 Å². The Hall–Kier alpha value is -1.97. The number of nitrogen functional groups attached to an aromatic ring is 1. The molecule has 0 aliphatic heterocycles. The van der Waals surface area contributed by atoms with Crippen LogP contribution in [-0.2, 0) is 0 Å². The minimum atomic E-state index is -0.311. The van der Waals surface area contributed by atoms with Crippen molar-refractivity contribution in [2.24, 2.45) is 0 Å². The third kappa shape index (κ3) is 3.02. The Morgan fingerprint density at radius 2 is 2.31 bits per heavy atom. The number of carbonyl (C=O) groups excluding carboxylic acids is 1. The van der Waals surface area contributed by atoms with Gasteiger partial charge in [-0.05, 0) is 25.5 Å². The summed E-state index contributed by atoms with van der Waals surface area (Å²) in [5.41, 5.74) is 5.91. The maximum atomic E-state index is 11.6. The summed E-state index contributed by atoms with van der Waals surface area (Å²) in [6.45, 7) is 2.46. The molecule has 16 heavy (non-hydrogen) atoms. The topological polar surface area (TPSA) is 75.4 Å². The average Bonchev–Trinajstić information content (AvgIpc) is 2.28. The van der Waals surface area contributed by atoms with Crippen LogP contribution in [0.15, 0.2) is 30.4 Å². The van der Waals surface area contributed by atoms with Gasteiger partial charge in [0.15, 0.2) is 5.75 Å². The summed E-state index contributed by atoms with van der Waals surface area (Å²) < 4.78 is 0. The van der Waals surface area contributed by atoms with Gasteiger partial charge in [0.2, 0.25) is 0 Å². The van der Waals surface area contributed by atoms with Crippen molar-refractivity contribution in [1.82, 2.24) is 5.32 Å². The molecule has 0 aromatic heterocycles. The third-order valence-electron chi connectivity index (χ3n) is 2.14. The van der Waals surface area contributed by atoms with Crippen molar-refractivity contribution in [1.29, 1.82) is 0 Å². The quantitative estimate of drug-likeness (QED) is 0.313. The van der Waals surface area contributed by atoms with Gasteiger partial charge < -0.3 is 16.2 Å². The minimum absolute atomic E-state index is 0.161. The number of para-hydroxylation sites is 1. The highest BCUT2D eigenvalue weighted by Crippen LogP contribution is 2.23. The maximum absolute atomic E-state index is 11.6. The summed E-state index contributed by atoms with van der Waals surface area (Å²) in [6, 6.07) is 4.72. The van der Waals surface area contributed by atoms with Gasteiger partial charge in [0.05, 0.1) is 11.3 Å². The Morgan fingerprint density at radius 3 is 3.00 bits per heavy atom. The lowest BCUT2D eigenvalue weighted by Gasteiger charge is -2.07. The van der Waals surface area contributed by atoms with Gasteiger partial charge in [-0.1, -0.05) is 18.2 Å². The van der Waals surface area contributed by atoms with E-state index in [1.165, 1.54) is 6.07 Å². The van der Waals surface area contributed by atoms with Crippen molar-refractivity contribution in [2.75, 3.05) is 12.3 Å². The number of carbonyl (C=O) groups is 1. The van der Waals surface area contributed by atoms with E-state index in [0.29, 0.717) is 6.54 Å². The Balaban J connectivity index is 2.63. The molecule has 1 rings (SSSR count). The van der Waals surface area contributed by atoms with Crippen molar-refractivity contribution >= 4 is 11.6 Å². The average molecular weight is 220 g/mol. The highest BCUT2D eigenvalue weighted by molar-refractivity contribution is 5.98. The molecular formula is C12H16N2O2. The van der Waals surface area contributed by atoms with Gasteiger partial charge in [-0.2, -0.15) is 0 Å². The van der Waals surface area contributed by atoms with Crippen LogP contribution in [0.25, 0.3) is 0 Å². The molecular weight excluding hydrogens is 204 g/mol. The first-order valence-electron chi connectivity index (χ1n) is 5.13. The zero-order valence-corrected chi connectivity index (χ0v) is 9.23. The molecule has 0 bridgehead atoms. The molecule has 0 saturated heterocycles. The van der Waals surface area contributed by atoms with E-state index in [1.54, 1.807) is 12.1 Å². The predicted octanol–water partition coefficient (Wildman–Crippen LogP) is 1.67. The van der Waals surface area contributed by atoms with Gasteiger partial charge in [0.25, 0.3) is 5.91 Å². The number of nitrogens with one attached hydrogen (secondary N) is 1. The molecule has 0 unspecified atom stereocenters. The van der Waals surface area contributed by atoms with Crippen LogP contribution >= 0.6 is 0 Å². The van der Waals surface area contributed by atoms with Crippen LogP contribution in [0.3, 0.4) is 0 Å². The van der Waals surface area contributed by atoms with Crippen molar-refractivity contribution in [2.45, 2.75) is 13.3 Å². The summed E-state index contributed by atoms with van der Waals surface area (Å²) in [7, 11) is 0. The second-order valence-electron chi connectivity index (χ2n) is 3.36. The van der Waals surface area contributed by atoms with E-state index in [4.69, 9.17) is 5.73 Å². The summed E-state index contributed by atoms with van der Waals surface area (Å²) >= 11 is 0. The second-order valence-corrected chi connectivity index (χ2v) is 3.36. The maximum Gasteiger partial charge on any atom is 0.255 e. The van der Waals surface area contributed by atoms with Gasteiger partial charge in [-0.3, -0.25) is 4.79 Å². The monoisotopic (exact) mass is 220 g/mol. The highest BCUT2D eigenvalue weighted by atomic mass is 16.3. The van der Waals surface area contributed by atoms with E-state index in [9.17, 15) is 9.90 Å². The van der Waals surface area contributed by atoms with Gasteiger partial charge in [-0.25, -0.2) is 0 Å². The molecule has 86 valence electrons. The van der Waals surface area contributed by atoms with E-state index in [0.717, 1.165) is 6.42 Å². The van der Waals surface area contributed by atoms with E-state index in [1.807, 2.05) is 19.1 Å². The van der Waals surface area contributed by atoms with Crippen LogP contribution < -0.4 is 11.1 Å². The van der Waals surface area contributed by atoms with Gasteiger partial charge >= 0.3 is 0 Å². The van der Waals surface area contributed by atoms with Crippen molar-refractivity contribution in [3.63, 3.8) is 0 Å². The summed E-state index contributed by atoms with van der Waals surface area (Å²) in [5.74, 6) is -0.472. The minimum Gasteiger partial charge on any atom is -0.505 e. The van der Waals surface area contributed by atoms with Crippen molar-refractivity contribution in [3.8, 4) is 5.75 Å². The first-order chi connectivity index (χ1) is 7.66. The van der Waals surface area contributed by atoms with Gasteiger partial charge in [0, 0.05) is 6.54 Å². The number of phenols is 1. The molecule has 0 aliphatic carbocycles. The number of hydrogen-bond acceptors (Lipinski definition) is 3. The van der Waals surface area contributed by atoms with Crippen LogP contribution in [0.1, 0.15) is 23.7 Å². The molecule has 4 heteroatoms. The predicted molar refractivity (Wildman–Crippen MR) is 64.3 cm³/mol. The van der Waals surface area contributed by atoms with Crippen LogP contribution in [0, 0.1) is 0 Å². The summed E-state index contributed by atoms with van der Waals surface area (Å²) in [4.78, 5) is 11.6. The Kier molecular flexibility index (Phi) is 4.39. The third-order valence-corrected chi connectivity index (χ3v) is 2.14. The van der Waals surface area contributed by atoms with Crippen LogP contribution in [-0.4, -0.2) is 17.6 Å². The Bertz CT molecular complexity index is 400. The molecule has 0 atom stereocenters. The molecule has 0 spiro atoms. The molecule has 0 radical (unpaired) electrons. The number of rotatable bonds is 4. The molecule has 0 heterocycles. The molecule has 4 N–H and O–H groups in total. The Morgan fingerprint density at radius 1 is 1.56 bits per heavy atom. The van der Waals surface area contributed by atoms with Gasteiger partial charge in [-0.15, -0.1) is 0 Å². The van der Waals surface area contributed by atoms with E-state index >= 15 is 0 Å². The number of phenolic OH excluding ortho intramolecular Hbond substituents is 1. The van der Waals surface area contributed by atoms with Gasteiger partial charge in [0.1, 0.15) is 0 Å². The number of amides is 1. The number of anilines is 1. The lowest BCUT2D eigenvalue weighted by atomic mass is 10.1. The molecule has 4 nitrogen and oxygen atoms in total. The lowest BCUT2D eigenvalue weighted by Crippen LogP contribution is -2.24. The zero-order chi connectivity index (χ0) is 12.0. The SMILES string of the molecule is C/C=C/CCNC(=O)c1cccc(N)c1O. The second kappa shape index (κ2) is 5.80. The summed E-state index contributed by atoms with van der Waals surface area (Å²) in [6.07, 6.45) is 4.65. The first kappa shape index (κ1) is 12.1. The number of allylic oxidation sites excluding steroid dienone is 1. The lowest BCUT2D eigenvalue weighted by molar-refractivity contribution is 0.0952. The number of nitrogens with two attached hydrogens (primary N) is 1. The molecule has 1 aromatic carbocycles. The standard InChI is InChI=1S/C12H16N2O2/c1-2-3-4-8-14-12(16)9-6-5-7-10(13)11(9)15/h2-3,5-7,15H,4,8,13H2,1H3,(H,14,16)/b3-2+. The first-order valence-corrected chi connectivity index (χ1v) is 5.13. The fourth-order valence-electron chi connectivity index (χ4n) is 1.28. The van der Waals surface area contributed by atoms with Crippen LogP contribution in [0.4, 0.5) is 5.69 Å². The smallest absolute Gasteiger partial charge is 0.255 e. The number of hydrogen-bond donors (Lipinski definition) is 3. The zero-order valence-electron chi connectivity index (χ0n) is 9.23. The molecule has 1 aromatic rings. The van der Waals surface area contributed by atoms with Crippen LogP contribution in [0.5, 0.6) is 5.75 Å². The number of benzene rings is 1. The van der Waals surface area contributed by atoms with Crippen molar-refractivity contribution < 1.29 is 9.90 Å². The fourth-order valence-corrected chi connectivity index (χ4v) is 1.28. The normalized spacial score (nSPS) is 10.6. The summed E-state index contributed by atoms with van der Waals surface area (Å²) in [5, 5.41) is 12.3. The van der Waals surface area contributed by atoms with E-state index in [2.05, 4.69) is 5.32 Å². The molecule has 0 fully saturated rings. The van der Waals surface area contributed by atoms with E-state index < -0.39 is 0 Å². The molecule has 0 saturated carbocycles. The van der Waals surface area contributed by atoms with E-state index in [-0.39, 0.29) is 22.9 Å². The molecule has 1 amide bonds. The number of aromatic hydroxyl groups is 1.